The molecule has 3 amide bonds. The SMILES string of the molecule is CC(=O)Nc1ccc(S(=O)(=O)N[C@@H](C)C(=O)Nc2ccc(C(=O)NC(C)(C)C)cc2)cc1. The Kier molecular flexibility index (Phi) is 7.76. The summed E-state index contributed by atoms with van der Waals surface area (Å²) in [5, 5.41) is 8.01. The van der Waals surface area contributed by atoms with Gasteiger partial charge < -0.3 is 16.0 Å². The number of rotatable bonds is 7. The van der Waals surface area contributed by atoms with Gasteiger partial charge in [-0.2, -0.15) is 4.72 Å². The molecule has 0 aliphatic rings. The van der Waals surface area contributed by atoms with E-state index in [-0.39, 0.29) is 22.2 Å². The first-order chi connectivity index (χ1) is 14.8. The van der Waals surface area contributed by atoms with E-state index in [9.17, 15) is 22.8 Å². The van der Waals surface area contributed by atoms with Crippen LogP contribution in [0.3, 0.4) is 0 Å². The van der Waals surface area contributed by atoms with Gasteiger partial charge in [-0.1, -0.05) is 0 Å². The van der Waals surface area contributed by atoms with Crippen molar-refractivity contribution in [2.45, 2.75) is 51.1 Å². The Labute approximate surface area is 188 Å². The van der Waals surface area contributed by atoms with Crippen molar-refractivity contribution in [3.63, 3.8) is 0 Å². The highest BCUT2D eigenvalue weighted by Gasteiger charge is 2.22. The van der Waals surface area contributed by atoms with Crippen LogP contribution in [0, 0.1) is 0 Å². The molecule has 0 aliphatic carbocycles. The average molecular weight is 461 g/mol. The van der Waals surface area contributed by atoms with Crippen LogP contribution in [0.2, 0.25) is 0 Å². The fourth-order valence-corrected chi connectivity index (χ4v) is 3.85. The molecule has 32 heavy (non-hydrogen) atoms. The molecular formula is C22H28N4O5S. The number of anilines is 2. The molecule has 2 aromatic carbocycles. The summed E-state index contributed by atoms with van der Waals surface area (Å²) < 4.78 is 27.4. The first kappa shape index (κ1) is 25.0. The Balaban J connectivity index is 2.00. The number of hydrogen-bond donors (Lipinski definition) is 4. The zero-order chi connectivity index (χ0) is 24.1. The van der Waals surface area contributed by atoms with Crippen molar-refractivity contribution in [1.82, 2.24) is 10.0 Å². The van der Waals surface area contributed by atoms with Crippen molar-refractivity contribution in [1.29, 1.82) is 0 Å². The minimum atomic E-state index is -3.95. The van der Waals surface area contributed by atoms with E-state index in [1.165, 1.54) is 38.1 Å². The third kappa shape index (κ3) is 7.47. The lowest BCUT2D eigenvalue weighted by Gasteiger charge is -2.20. The molecule has 9 nitrogen and oxygen atoms in total. The third-order valence-corrected chi connectivity index (χ3v) is 5.67. The number of carbonyl (C=O) groups excluding carboxylic acids is 3. The first-order valence-corrected chi connectivity index (χ1v) is 11.4. The summed E-state index contributed by atoms with van der Waals surface area (Å²) in [6.45, 7) is 8.39. The maximum atomic E-state index is 12.5. The van der Waals surface area contributed by atoms with Crippen LogP contribution in [-0.2, 0) is 19.6 Å². The van der Waals surface area contributed by atoms with E-state index in [0.29, 0.717) is 16.9 Å². The predicted octanol–water partition coefficient (Wildman–Crippen LogP) is 2.48. The summed E-state index contributed by atoms with van der Waals surface area (Å²) in [7, 11) is -3.95. The molecule has 0 saturated carbocycles. The monoisotopic (exact) mass is 460 g/mol. The second-order valence-electron chi connectivity index (χ2n) is 8.32. The van der Waals surface area contributed by atoms with Gasteiger partial charge in [-0.25, -0.2) is 8.42 Å². The van der Waals surface area contributed by atoms with Crippen molar-refractivity contribution < 1.29 is 22.8 Å². The number of carbonyl (C=O) groups is 3. The smallest absolute Gasteiger partial charge is 0.251 e. The minimum Gasteiger partial charge on any atom is -0.347 e. The summed E-state index contributed by atoms with van der Waals surface area (Å²) in [5.74, 6) is -1.07. The van der Waals surface area contributed by atoms with E-state index in [1.807, 2.05) is 20.8 Å². The molecule has 0 fully saturated rings. The Bertz CT molecular complexity index is 1090. The van der Waals surface area contributed by atoms with Crippen LogP contribution in [-0.4, -0.2) is 37.7 Å². The van der Waals surface area contributed by atoms with Crippen LogP contribution in [0.5, 0.6) is 0 Å². The number of hydrogen-bond acceptors (Lipinski definition) is 5. The Morgan fingerprint density at radius 1 is 0.844 bits per heavy atom. The quantitative estimate of drug-likeness (QED) is 0.504. The highest BCUT2D eigenvalue weighted by Crippen LogP contribution is 2.15. The molecule has 10 heteroatoms. The van der Waals surface area contributed by atoms with Crippen molar-refractivity contribution in [3.05, 3.63) is 54.1 Å². The van der Waals surface area contributed by atoms with Gasteiger partial charge in [0.1, 0.15) is 0 Å². The third-order valence-electron chi connectivity index (χ3n) is 4.11. The van der Waals surface area contributed by atoms with Gasteiger partial charge in [-0.3, -0.25) is 14.4 Å². The normalized spacial score (nSPS) is 12.5. The highest BCUT2D eigenvalue weighted by atomic mass is 32.2. The topological polar surface area (TPSA) is 133 Å². The van der Waals surface area contributed by atoms with Crippen molar-refractivity contribution >= 4 is 39.1 Å². The van der Waals surface area contributed by atoms with Gasteiger partial charge >= 0.3 is 0 Å². The second-order valence-corrected chi connectivity index (χ2v) is 10.0. The van der Waals surface area contributed by atoms with Gasteiger partial charge in [-0.15, -0.1) is 0 Å². The predicted molar refractivity (Wildman–Crippen MR) is 123 cm³/mol. The molecule has 0 bridgehead atoms. The van der Waals surface area contributed by atoms with E-state index in [4.69, 9.17) is 0 Å². The maximum Gasteiger partial charge on any atom is 0.251 e. The summed E-state index contributed by atoms with van der Waals surface area (Å²) >= 11 is 0. The van der Waals surface area contributed by atoms with Gasteiger partial charge in [-0.05, 0) is 76.2 Å². The molecule has 0 aliphatic heterocycles. The van der Waals surface area contributed by atoms with Crippen LogP contribution < -0.4 is 20.7 Å². The van der Waals surface area contributed by atoms with E-state index < -0.39 is 22.0 Å². The fraction of sp³-hybridized carbons (Fsp3) is 0.318. The molecule has 0 radical (unpaired) electrons. The van der Waals surface area contributed by atoms with Crippen LogP contribution in [0.25, 0.3) is 0 Å². The Hall–Kier alpha value is -3.24. The van der Waals surface area contributed by atoms with Gasteiger partial charge in [0.15, 0.2) is 0 Å². The second kappa shape index (κ2) is 9.92. The Morgan fingerprint density at radius 3 is 1.84 bits per heavy atom. The molecule has 1 atom stereocenters. The highest BCUT2D eigenvalue weighted by molar-refractivity contribution is 7.89. The van der Waals surface area contributed by atoms with Crippen molar-refractivity contribution in [2.75, 3.05) is 10.6 Å². The van der Waals surface area contributed by atoms with Gasteiger partial charge in [0.25, 0.3) is 5.91 Å². The lowest BCUT2D eigenvalue weighted by molar-refractivity contribution is -0.117. The van der Waals surface area contributed by atoms with Crippen molar-refractivity contribution in [3.8, 4) is 0 Å². The molecule has 0 unspecified atom stereocenters. The standard InChI is InChI=1S/C22H28N4O5S/c1-14(26-32(30,31)19-12-10-17(11-13-19)23-15(2)27)20(28)24-18-8-6-16(7-9-18)21(29)25-22(3,4)5/h6-14,26H,1-5H3,(H,23,27)(H,24,28)(H,25,29)/t14-/m0/s1. The number of amides is 3. The van der Waals surface area contributed by atoms with Crippen LogP contribution in [0.1, 0.15) is 45.0 Å². The summed E-state index contributed by atoms with van der Waals surface area (Å²) in [4.78, 5) is 35.6. The fourth-order valence-electron chi connectivity index (χ4n) is 2.64. The Morgan fingerprint density at radius 2 is 1.34 bits per heavy atom. The number of benzene rings is 2. The molecule has 2 aromatic rings. The van der Waals surface area contributed by atoms with Gasteiger partial charge in [0, 0.05) is 29.4 Å². The van der Waals surface area contributed by atoms with Crippen LogP contribution in [0.4, 0.5) is 11.4 Å². The molecule has 0 spiro atoms. The van der Waals surface area contributed by atoms with E-state index in [0.717, 1.165) is 0 Å². The van der Waals surface area contributed by atoms with E-state index in [2.05, 4.69) is 20.7 Å². The maximum absolute atomic E-state index is 12.5. The largest absolute Gasteiger partial charge is 0.347 e. The summed E-state index contributed by atoms with van der Waals surface area (Å²) in [5.41, 5.74) is 0.949. The summed E-state index contributed by atoms with van der Waals surface area (Å²) in [6.07, 6.45) is 0. The van der Waals surface area contributed by atoms with E-state index in [1.54, 1.807) is 24.3 Å². The molecule has 2 rings (SSSR count). The zero-order valence-corrected chi connectivity index (χ0v) is 19.5. The minimum absolute atomic E-state index is 0.0412. The first-order valence-electron chi connectivity index (χ1n) is 9.90. The van der Waals surface area contributed by atoms with Gasteiger partial charge in [0.2, 0.25) is 21.8 Å². The van der Waals surface area contributed by atoms with Gasteiger partial charge in [0.05, 0.1) is 10.9 Å². The lowest BCUT2D eigenvalue weighted by atomic mass is 10.1. The molecule has 4 N–H and O–H groups in total. The zero-order valence-electron chi connectivity index (χ0n) is 18.6. The molecule has 0 aromatic heterocycles. The van der Waals surface area contributed by atoms with Crippen LogP contribution >= 0.6 is 0 Å². The summed E-state index contributed by atoms with van der Waals surface area (Å²) in [6, 6.07) is 10.8. The number of sulfonamides is 1. The molecule has 172 valence electrons. The molecule has 0 heterocycles. The van der Waals surface area contributed by atoms with Crippen molar-refractivity contribution in [2.24, 2.45) is 0 Å². The number of nitrogens with one attached hydrogen (secondary N) is 4. The van der Waals surface area contributed by atoms with E-state index >= 15 is 0 Å². The van der Waals surface area contributed by atoms with Crippen LogP contribution in [0.15, 0.2) is 53.4 Å². The lowest BCUT2D eigenvalue weighted by Crippen LogP contribution is -2.41. The average Bonchev–Trinajstić information content (AvgIpc) is 2.66. The molecular weight excluding hydrogens is 432 g/mol. The molecule has 0 saturated heterocycles.